The van der Waals surface area contributed by atoms with Gasteiger partial charge >= 0.3 is 6.01 Å². The highest BCUT2D eigenvalue weighted by Crippen LogP contribution is 2.20. The Morgan fingerprint density at radius 1 is 1.35 bits per heavy atom. The zero-order chi connectivity index (χ0) is 14.7. The minimum atomic E-state index is -0.350. The Labute approximate surface area is 116 Å². The fraction of sp³-hybridized carbons (Fsp3) is 0.417. The van der Waals surface area contributed by atoms with E-state index in [9.17, 15) is 4.79 Å². The number of nitrogens with one attached hydrogen (secondary N) is 1. The van der Waals surface area contributed by atoms with Crippen LogP contribution in [0, 0.1) is 13.8 Å². The molecule has 0 radical (unpaired) electrons. The van der Waals surface area contributed by atoms with E-state index in [-0.39, 0.29) is 11.6 Å². The molecular weight excluding hydrogens is 260 g/mol. The van der Waals surface area contributed by atoms with Crippen LogP contribution in [0.2, 0.25) is 0 Å². The molecule has 0 fully saturated rings. The van der Waals surface area contributed by atoms with Gasteiger partial charge in [-0.2, -0.15) is 9.97 Å². The van der Waals surface area contributed by atoms with Crippen molar-refractivity contribution < 1.29 is 9.53 Å². The first kappa shape index (κ1) is 13.9. The van der Waals surface area contributed by atoms with Gasteiger partial charge in [-0.25, -0.2) is 0 Å². The van der Waals surface area contributed by atoms with E-state index in [1.54, 1.807) is 20.9 Å². The molecule has 2 aromatic heterocycles. The number of nitrogens with zero attached hydrogens (tertiary/aromatic N) is 5. The van der Waals surface area contributed by atoms with Crippen LogP contribution < -0.4 is 10.1 Å². The maximum Gasteiger partial charge on any atom is 0.316 e. The van der Waals surface area contributed by atoms with Crippen LogP contribution in [0.5, 0.6) is 6.01 Å². The van der Waals surface area contributed by atoms with Crippen molar-refractivity contribution in [1.29, 1.82) is 0 Å². The van der Waals surface area contributed by atoms with Gasteiger partial charge in [-0.1, -0.05) is 5.21 Å². The van der Waals surface area contributed by atoms with Crippen LogP contribution in [0.15, 0.2) is 6.20 Å². The molecular formula is C12H16N6O2. The molecule has 2 aromatic rings. The first-order valence-electron chi connectivity index (χ1n) is 6.17. The van der Waals surface area contributed by atoms with Gasteiger partial charge in [-0.15, -0.1) is 5.10 Å². The van der Waals surface area contributed by atoms with Gasteiger partial charge in [0.1, 0.15) is 0 Å². The Balaban J connectivity index is 2.23. The topological polar surface area (TPSA) is 94.8 Å². The van der Waals surface area contributed by atoms with Crippen LogP contribution in [-0.4, -0.2) is 37.5 Å². The summed E-state index contributed by atoms with van der Waals surface area (Å²) in [6.45, 7) is 5.91. The molecule has 2 rings (SSSR count). The van der Waals surface area contributed by atoms with Gasteiger partial charge in [0, 0.05) is 7.05 Å². The smallest absolute Gasteiger partial charge is 0.316 e. The standard InChI is InChI=1S/C12H16N6O2/c1-5-20-12-13-7(2)10(8(3)14-12)15-11(19)9-6-18(4)17-16-9/h6H,5H2,1-4H3,(H,15,19). The Morgan fingerprint density at radius 2 is 2.00 bits per heavy atom. The van der Waals surface area contributed by atoms with Crippen molar-refractivity contribution in [2.75, 3.05) is 11.9 Å². The van der Waals surface area contributed by atoms with Crippen LogP contribution in [0.1, 0.15) is 28.8 Å². The number of anilines is 1. The lowest BCUT2D eigenvalue weighted by molar-refractivity contribution is 0.102. The summed E-state index contributed by atoms with van der Waals surface area (Å²) in [4.78, 5) is 20.4. The van der Waals surface area contributed by atoms with Gasteiger partial charge in [-0.05, 0) is 20.8 Å². The Bertz CT molecular complexity index is 614. The Morgan fingerprint density at radius 3 is 2.50 bits per heavy atom. The maximum atomic E-state index is 12.0. The van der Waals surface area contributed by atoms with Crippen molar-refractivity contribution in [2.24, 2.45) is 7.05 Å². The fourth-order valence-electron chi connectivity index (χ4n) is 1.69. The lowest BCUT2D eigenvalue weighted by Crippen LogP contribution is -2.16. The molecule has 8 nitrogen and oxygen atoms in total. The molecule has 0 spiro atoms. The van der Waals surface area contributed by atoms with E-state index >= 15 is 0 Å². The highest BCUT2D eigenvalue weighted by molar-refractivity contribution is 6.03. The van der Waals surface area contributed by atoms with Crippen LogP contribution in [-0.2, 0) is 7.05 Å². The quantitative estimate of drug-likeness (QED) is 0.890. The van der Waals surface area contributed by atoms with E-state index in [2.05, 4.69) is 25.6 Å². The second kappa shape index (κ2) is 5.64. The average molecular weight is 276 g/mol. The van der Waals surface area contributed by atoms with Crippen molar-refractivity contribution in [3.8, 4) is 6.01 Å². The van der Waals surface area contributed by atoms with E-state index in [1.165, 1.54) is 10.9 Å². The number of aromatic nitrogens is 5. The first-order chi connectivity index (χ1) is 9.51. The molecule has 0 atom stereocenters. The normalized spacial score (nSPS) is 10.4. The van der Waals surface area contributed by atoms with Gasteiger partial charge in [0.2, 0.25) is 0 Å². The van der Waals surface area contributed by atoms with Gasteiger partial charge < -0.3 is 10.1 Å². The third kappa shape index (κ3) is 2.90. The molecule has 0 aromatic carbocycles. The van der Waals surface area contributed by atoms with Crippen LogP contribution in [0.4, 0.5) is 5.69 Å². The SMILES string of the molecule is CCOc1nc(C)c(NC(=O)c2cn(C)nn2)c(C)n1. The number of aryl methyl sites for hydroxylation is 3. The Kier molecular flexibility index (Phi) is 3.92. The van der Waals surface area contributed by atoms with Gasteiger partial charge in [0.25, 0.3) is 5.91 Å². The molecule has 0 saturated carbocycles. The summed E-state index contributed by atoms with van der Waals surface area (Å²) in [5.74, 6) is -0.350. The summed E-state index contributed by atoms with van der Waals surface area (Å²) in [5, 5.41) is 10.2. The summed E-state index contributed by atoms with van der Waals surface area (Å²) >= 11 is 0. The summed E-state index contributed by atoms with van der Waals surface area (Å²) in [7, 11) is 1.69. The zero-order valence-electron chi connectivity index (χ0n) is 11.8. The minimum Gasteiger partial charge on any atom is -0.464 e. The number of hydrogen-bond acceptors (Lipinski definition) is 6. The van der Waals surface area contributed by atoms with Gasteiger partial charge in [0.05, 0.1) is 29.9 Å². The van der Waals surface area contributed by atoms with Crippen molar-refractivity contribution in [3.63, 3.8) is 0 Å². The van der Waals surface area contributed by atoms with Crippen LogP contribution >= 0.6 is 0 Å². The second-order valence-corrected chi connectivity index (χ2v) is 4.22. The van der Waals surface area contributed by atoms with Crippen molar-refractivity contribution in [3.05, 3.63) is 23.3 Å². The van der Waals surface area contributed by atoms with Crippen molar-refractivity contribution in [1.82, 2.24) is 25.0 Å². The van der Waals surface area contributed by atoms with E-state index in [4.69, 9.17) is 4.74 Å². The molecule has 20 heavy (non-hydrogen) atoms. The monoisotopic (exact) mass is 276 g/mol. The van der Waals surface area contributed by atoms with Gasteiger partial charge in [-0.3, -0.25) is 9.48 Å². The molecule has 0 saturated heterocycles. The summed E-state index contributed by atoms with van der Waals surface area (Å²) in [6, 6.07) is 0.306. The summed E-state index contributed by atoms with van der Waals surface area (Å²) in [6.07, 6.45) is 1.54. The highest BCUT2D eigenvalue weighted by atomic mass is 16.5. The number of hydrogen-bond donors (Lipinski definition) is 1. The molecule has 106 valence electrons. The molecule has 0 aliphatic carbocycles. The minimum absolute atomic E-state index is 0.236. The lowest BCUT2D eigenvalue weighted by Gasteiger charge is -2.11. The largest absolute Gasteiger partial charge is 0.464 e. The molecule has 8 heteroatoms. The van der Waals surface area contributed by atoms with E-state index < -0.39 is 0 Å². The third-order valence-electron chi connectivity index (χ3n) is 2.60. The number of carbonyl (C=O) groups is 1. The molecule has 1 amide bonds. The fourth-order valence-corrected chi connectivity index (χ4v) is 1.69. The molecule has 0 aliphatic heterocycles. The molecule has 0 aliphatic rings. The second-order valence-electron chi connectivity index (χ2n) is 4.22. The number of rotatable bonds is 4. The lowest BCUT2D eigenvalue weighted by atomic mass is 10.2. The summed E-state index contributed by atoms with van der Waals surface area (Å²) in [5.41, 5.74) is 2.07. The van der Waals surface area contributed by atoms with Crippen LogP contribution in [0.3, 0.4) is 0 Å². The van der Waals surface area contributed by atoms with E-state index in [0.717, 1.165) is 0 Å². The number of ether oxygens (including phenoxy) is 1. The van der Waals surface area contributed by atoms with Gasteiger partial charge in [0.15, 0.2) is 5.69 Å². The zero-order valence-corrected chi connectivity index (χ0v) is 11.8. The summed E-state index contributed by atoms with van der Waals surface area (Å²) < 4.78 is 6.72. The van der Waals surface area contributed by atoms with Crippen molar-refractivity contribution >= 4 is 11.6 Å². The number of carbonyl (C=O) groups excluding carboxylic acids is 1. The first-order valence-corrected chi connectivity index (χ1v) is 6.17. The van der Waals surface area contributed by atoms with Crippen LogP contribution in [0.25, 0.3) is 0 Å². The molecule has 0 unspecified atom stereocenters. The Hall–Kier alpha value is -2.51. The third-order valence-corrected chi connectivity index (χ3v) is 2.60. The average Bonchev–Trinajstić information content (AvgIpc) is 2.81. The maximum absolute atomic E-state index is 12.0. The number of amides is 1. The van der Waals surface area contributed by atoms with E-state index in [0.29, 0.717) is 29.7 Å². The predicted molar refractivity (Wildman–Crippen MR) is 71.6 cm³/mol. The van der Waals surface area contributed by atoms with E-state index in [1.807, 2.05) is 6.92 Å². The molecule has 2 heterocycles. The molecule has 1 N–H and O–H groups in total. The van der Waals surface area contributed by atoms with Crippen molar-refractivity contribution in [2.45, 2.75) is 20.8 Å². The predicted octanol–water partition coefficient (Wildman–Crippen LogP) is 0.873. The highest BCUT2D eigenvalue weighted by Gasteiger charge is 2.15. The molecule has 0 bridgehead atoms.